The summed E-state index contributed by atoms with van der Waals surface area (Å²) in [5.74, 6) is 0. The highest BCUT2D eigenvalue weighted by atomic mass is 79.9. The number of halogens is 1. The van der Waals surface area contributed by atoms with E-state index in [1.807, 2.05) is 0 Å². The Labute approximate surface area is 92.1 Å². The largest absolute Gasteiger partial charge is 0.326 e. The molecule has 2 aromatic carbocycles. The van der Waals surface area contributed by atoms with Crippen LogP contribution in [-0.4, -0.2) is 0 Å². The van der Waals surface area contributed by atoms with Crippen molar-refractivity contribution in [2.45, 2.75) is 13.5 Å². The first kappa shape index (κ1) is 9.69. The van der Waals surface area contributed by atoms with E-state index in [0.717, 1.165) is 4.47 Å². The Balaban J connectivity index is 2.77. The molecule has 0 radical (unpaired) electrons. The van der Waals surface area contributed by atoms with Gasteiger partial charge in [0.25, 0.3) is 0 Å². The first-order chi connectivity index (χ1) is 6.72. The van der Waals surface area contributed by atoms with E-state index >= 15 is 0 Å². The molecule has 0 bridgehead atoms. The topological polar surface area (TPSA) is 26.0 Å². The van der Waals surface area contributed by atoms with Gasteiger partial charge < -0.3 is 5.73 Å². The van der Waals surface area contributed by atoms with Crippen molar-refractivity contribution in [1.82, 2.24) is 0 Å². The molecule has 2 aromatic rings. The van der Waals surface area contributed by atoms with E-state index in [0.29, 0.717) is 6.54 Å². The predicted molar refractivity (Wildman–Crippen MR) is 64.3 cm³/mol. The monoisotopic (exact) mass is 249 g/mol. The van der Waals surface area contributed by atoms with E-state index in [2.05, 4.69) is 53.2 Å². The Bertz CT molecular complexity index is 477. The molecule has 0 heterocycles. The van der Waals surface area contributed by atoms with Crippen LogP contribution < -0.4 is 5.73 Å². The smallest absolute Gasteiger partial charge is 0.0181 e. The van der Waals surface area contributed by atoms with Gasteiger partial charge in [0.05, 0.1) is 0 Å². The highest BCUT2D eigenvalue weighted by molar-refractivity contribution is 9.10. The van der Waals surface area contributed by atoms with E-state index in [1.54, 1.807) is 0 Å². The minimum absolute atomic E-state index is 0.609. The van der Waals surface area contributed by atoms with E-state index in [4.69, 9.17) is 5.73 Å². The molecule has 0 saturated heterocycles. The Hall–Kier alpha value is -0.860. The van der Waals surface area contributed by atoms with Gasteiger partial charge >= 0.3 is 0 Å². The van der Waals surface area contributed by atoms with Gasteiger partial charge in [0.15, 0.2) is 0 Å². The fourth-order valence-electron chi connectivity index (χ4n) is 1.72. The van der Waals surface area contributed by atoms with Gasteiger partial charge in [-0.05, 0) is 41.0 Å². The van der Waals surface area contributed by atoms with Crippen molar-refractivity contribution in [3.05, 3.63) is 45.9 Å². The maximum atomic E-state index is 5.66. The molecule has 14 heavy (non-hydrogen) atoms. The molecule has 72 valence electrons. The Morgan fingerprint density at radius 1 is 1.21 bits per heavy atom. The quantitative estimate of drug-likeness (QED) is 0.825. The zero-order valence-corrected chi connectivity index (χ0v) is 9.64. The van der Waals surface area contributed by atoms with E-state index < -0.39 is 0 Å². The highest BCUT2D eigenvalue weighted by Crippen LogP contribution is 2.24. The summed E-state index contributed by atoms with van der Waals surface area (Å²) in [5.41, 5.74) is 8.17. The predicted octanol–water partition coefficient (Wildman–Crippen LogP) is 3.37. The summed E-state index contributed by atoms with van der Waals surface area (Å²) in [6, 6.07) is 10.5. The molecular weight excluding hydrogens is 238 g/mol. The standard InChI is InChI=1S/C12H12BrN/c1-8-10(7-14)3-2-9-6-11(13)4-5-12(8)9/h2-6H,7,14H2,1H3. The lowest BCUT2D eigenvalue weighted by atomic mass is 10.0. The first-order valence-electron chi connectivity index (χ1n) is 4.60. The number of hydrogen-bond acceptors (Lipinski definition) is 1. The normalized spacial score (nSPS) is 10.8. The number of fused-ring (bicyclic) bond motifs is 1. The van der Waals surface area contributed by atoms with E-state index in [-0.39, 0.29) is 0 Å². The lowest BCUT2D eigenvalue weighted by molar-refractivity contribution is 1.06. The van der Waals surface area contributed by atoms with Gasteiger partial charge in [-0.3, -0.25) is 0 Å². The van der Waals surface area contributed by atoms with Crippen molar-refractivity contribution in [3.8, 4) is 0 Å². The molecule has 0 fully saturated rings. The van der Waals surface area contributed by atoms with Gasteiger partial charge in [-0.15, -0.1) is 0 Å². The van der Waals surface area contributed by atoms with Crippen LogP contribution in [0.25, 0.3) is 10.8 Å². The van der Waals surface area contributed by atoms with Crippen molar-refractivity contribution in [2.24, 2.45) is 5.73 Å². The number of hydrogen-bond donors (Lipinski definition) is 1. The lowest BCUT2D eigenvalue weighted by Crippen LogP contribution is -1.99. The second-order valence-corrected chi connectivity index (χ2v) is 4.33. The Morgan fingerprint density at radius 3 is 2.71 bits per heavy atom. The summed E-state index contributed by atoms with van der Waals surface area (Å²) >= 11 is 3.47. The van der Waals surface area contributed by atoms with Gasteiger partial charge in [0.1, 0.15) is 0 Å². The molecule has 0 atom stereocenters. The SMILES string of the molecule is Cc1c(CN)ccc2cc(Br)ccc12. The minimum Gasteiger partial charge on any atom is -0.326 e. The molecule has 2 heteroatoms. The third kappa shape index (κ3) is 1.56. The molecule has 0 aliphatic carbocycles. The summed E-state index contributed by atoms with van der Waals surface area (Å²) in [6.07, 6.45) is 0. The molecule has 0 amide bonds. The molecule has 0 aromatic heterocycles. The van der Waals surface area contributed by atoms with Crippen LogP contribution in [0.4, 0.5) is 0 Å². The second kappa shape index (κ2) is 3.71. The van der Waals surface area contributed by atoms with Crippen molar-refractivity contribution < 1.29 is 0 Å². The third-order valence-corrected chi connectivity index (χ3v) is 3.08. The van der Waals surface area contributed by atoms with Gasteiger partial charge in [-0.25, -0.2) is 0 Å². The van der Waals surface area contributed by atoms with Crippen LogP contribution in [0.1, 0.15) is 11.1 Å². The number of benzene rings is 2. The van der Waals surface area contributed by atoms with Crippen molar-refractivity contribution in [1.29, 1.82) is 0 Å². The van der Waals surface area contributed by atoms with Crippen molar-refractivity contribution in [3.63, 3.8) is 0 Å². The summed E-state index contributed by atoms with van der Waals surface area (Å²) in [6.45, 7) is 2.73. The molecular formula is C12H12BrN. The van der Waals surface area contributed by atoms with Crippen LogP contribution in [0.5, 0.6) is 0 Å². The average Bonchev–Trinajstić information content (AvgIpc) is 2.18. The van der Waals surface area contributed by atoms with Gasteiger partial charge in [0.2, 0.25) is 0 Å². The van der Waals surface area contributed by atoms with Crippen LogP contribution in [-0.2, 0) is 6.54 Å². The van der Waals surface area contributed by atoms with Gasteiger partial charge in [0, 0.05) is 11.0 Å². The molecule has 0 unspecified atom stereocenters. The Morgan fingerprint density at radius 2 is 2.00 bits per heavy atom. The average molecular weight is 250 g/mol. The van der Waals surface area contributed by atoms with Gasteiger partial charge in [-0.2, -0.15) is 0 Å². The molecule has 0 saturated carbocycles. The third-order valence-electron chi connectivity index (χ3n) is 2.58. The van der Waals surface area contributed by atoms with Crippen LogP contribution in [0.15, 0.2) is 34.8 Å². The fraction of sp³-hybridized carbons (Fsp3) is 0.167. The summed E-state index contributed by atoms with van der Waals surface area (Å²) in [7, 11) is 0. The van der Waals surface area contributed by atoms with Crippen molar-refractivity contribution in [2.75, 3.05) is 0 Å². The van der Waals surface area contributed by atoms with E-state index in [1.165, 1.54) is 21.9 Å². The summed E-state index contributed by atoms with van der Waals surface area (Å²) in [5, 5.41) is 2.55. The maximum absolute atomic E-state index is 5.66. The molecule has 2 rings (SSSR count). The summed E-state index contributed by atoms with van der Waals surface area (Å²) in [4.78, 5) is 0. The summed E-state index contributed by atoms with van der Waals surface area (Å²) < 4.78 is 1.12. The molecule has 2 N–H and O–H groups in total. The number of nitrogens with two attached hydrogens (primary N) is 1. The van der Waals surface area contributed by atoms with Crippen LogP contribution in [0.2, 0.25) is 0 Å². The molecule has 0 aliphatic heterocycles. The second-order valence-electron chi connectivity index (χ2n) is 3.42. The van der Waals surface area contributed by atoms with Gasteiger partial charge in [-0.1, -0.05) is 34.1 Å². The maximum Gasteiger partial charge on any atom is 0.0181 e. The minimum atomic E-state index is 0.609. The molecule has 0 spiro atoms. The van der Waals surface area contributed by atoms with Crippen LogP contribution in [0.3, 0.4) is 0 Å². The zero-order valence-electron chi connectivity index (χ0n) is 8.05. The fourth-order valence-corrected chi connectivity index (χ4v) is 2.10. The Kier molecular flexibility index (Phi) is 2.57. The number of aryl methyl sites for hydroxylation is 1. The van der Waals surface area contributed by atoms with Crippen LogP contribution >= 0.6 is 15.9 Å². The van der Waals surface area contributed by atoms with Crippen molar-refractivity contribution >= 4 is 26.7 Å². The van der Waals surface area contributed by atoms with Crippen LogP contribution in [0, 0.1) is 6.92 Å². The first-order valence-corrected chi connectivity index (χ1v) is 5.39. The molecule has 0 aliphatic rings. The lowest BCUT2D eigenvalue weighted by Gasteiger charge is -2.07. The van der Waals surface area contributed by atoms with E-state index in [9.17, 15) is 0 Å². The molecule has 1 nitrogen and oxygen atoms in total. The zero-order chi connectivity index (χ0) is 10.1. The highest BCUT2D eigenvalue weighted by Gasteiger charge is 2.01. The number of rotatable bonds is 1.